The van der Waals surface area contributed by atoms with Crippen LogP contribution in [0, 0.1) is 0 Å². The zero-order chi connectivity index (χ0) is 19.2. The van der Waals surface area contributed by atoms with Crippen molar-refractivity contribution in [1.29, 1.82) is 0 Å². The normalized spacial score (nSPS) is 9.38. The van der Waals surface area contributed by atoms with Gasteiger partial charge >= 0.3 is 0 Å². The zero-order valence-electron chi connectivity index (χ0n) is 15.8. The van der Waals surface area contributed by atoms with Gasteiger partial charge in [-0.3, -0.25) is 19.4 Å². The molecule has 0 spiro atoms. The molecular formula is C20H26N4O2. The highest BCUT2D eigenvalue weighted by molar-refractivity contribution is 5.74. The minimum Gasteiger partial charge on any atom is -0.388 e. The number of aromatic nitrogens is 4. The number of aldehydes is 1. The molecule has 3 rings (SSSR count). The molecule has 6 heteroatoms. The Kier molecular flexibility index (Phi) is 10.2. The molecule has 6 nitrogen and oxygen atoms in total. The molecule has 0 saturated carbocycles. The maximum absolute atomic E-state index is 10.8. The van der Waals surface area contributed by atoms with Gasteiger partial charge in [0.2, 0.25) is 0 Å². The van der Waals surface area contributed by atoms with Crippen molar-refractivity contribution in [2.24, 2.45) is 0 Å². The van der Waals surface area contributed by atoms with Gasteiger partial charge in [0.05, 0.1) is 12.2 Å². The van der Waals surface area contributed by atoms with Gasteiger partial charge in [-0.15, -0.1) is 0 Å². The quantitative estimate of drug-likeness (QED) is 0.657. The Morgan fingerprint density at radius 1 is 1.08 bits per heavy atom. The largest absolute Gasteiger partial charge is 0.388 e. The van der Waals surface area contributed by atoms with E-state index in [9.17, 15) is 4.79 Å². The van der Waals surface area contributed by atoms with Gasteiger partial charge < -0.3 is 4.74 Å². The number of rotatable bonds is 5. The standard InChI is InChI=1S/C16H14N4O.C2H6O.C2H6/c21-12-14-4-6-17-16(9-14)8-13-2-3-15(18-10-13)11-20-7-1-5-19-20;1-3-2;1-2/h1-7,9-10,12H,8,11H2;1-2H3;1-2H3. The van der Waals surface area contributed by atoms with Gasteiger partial charge in [0.25, 0.3) is 0 Å². The van der Waals surface area contributed by atoms with Gasteiger partial charge in [0.15, 0.2) is 0 Å². The molecule has 0 unspecified atom stereocenters. The van der Waals surface area contributed by atoms with Crippen LogP contribution >= 0.6 is 0 Å². The Balaban J connectivity index is 0.000000615. The average Bonchev–Trinajstić information content (AvgIpc) is 3.19. The molecule has 0 radical (unpaired) electrons. The summed E-state index contributed by atoms with van der Waals surface area (Å²) in [6, 6.07) is 9.40. The smallest absolute Gasteiger partial charge is 0.150 e. The van der Waals surface area contributed by atoms with Crippen LogP contribution in [0.3, 0.4) is 0 Å². The third-order valence-corrected chi connectivity index (χ3v) is 3.13. The van der Waals surface area contributed by atoms with E-state index >= 15 is 0 Å². The first kappa shape index (κ1) is 21.2. The number of carbonyl (C=O) groups excluding carboxylic acids is 1. The maximum Gasteiger partial charge on any atom is 0.150 e. The molecule has 0 amide bonds. The van der Waals surface area contributed by atoms with E-state index < -0.39 is 0 Å². The first-order valence-electron chi connectivity index (χ1n) is 8.46. The fourth-order valence-corrected chi connectivity index (χ4v) is 2.09. The molecule has 0 saturated heterocycles. The number of methoxy groups -OCH3 is 1. The summed E-state index contributed by atoms with van der Waals surface area (Å²) >= 11 is 0. The second-order valence-electron chi connectivity index (χ2n) is 5.14. The molecule has 0 atom stereocenters. The molecule has 0 fully saturated rings. The monoisotopic (exact) mass is 354 g/mol. The Morgan fingerprint density at radius 3 is 2.42 bits per heavy atom. The maximum atomic E-state index is 10.8. The summed E-state index contributed by atoms with van der Waals surface area (Å²) in [5.74, 6) is 0. The van der Waals surface area contributed by atoms with Crippen LogP contribution in [0.2, 0.25) is 0 Å². The number of carbonyl (C=O) groups is 1. The summed E-state index contributed by atoms with van der Waals surface area (Å²) in [4.78, 5) is 19.5. The van der Waals surface area contributed by atoms with Crippen LogP contribution < -0.4 is 0 Å². The van der Waals surface area contributed by atoms with Crippen molar-refractivity contribution in [3.63, 3.8) is 0 Å². The van der Waals surface area contributed by atoms with Crippen molar-refractivity contribution in [2.45, 2.75) is 26.8 Å². The predicted molar refractivity (Wildman–Crippen MR) is 102 cm³/mol. The van der Waals surface area contributed by atoms with Crippen molar-refractivity contribution >= 4 is 6.29 Å². The van der Waals surface area contributed by atoms with Gasteiger partial charge in [-0.1, -0.05) is 19.9 Å². The molecule has 26 heavy (non-hydrogen) atoms. The number of ether oxygens (including phenoxy) is 1. The lowest BCUT2D eigenvalue weighted by molar-refractivity contribution is 0.112. The van der Waals surface area contributed by atoms with Crippen LogP contribution in [0.25, 0.3) is 0 Å². The minimum absolute atomic E-state index is 0.642. The Hall–Kier alpha value is -2.86. The van der Waals surface area contributed by atoms with E-state index in [0.29, 0.717) is 18.5 Å². The molecule has 0 aliphatic rings. The summed E-state index contributed by atoms with van der Waals surface area (Å²) in [7, 11) is 3.25. The van der Waals surface area contributed by atoms with Crippen LogP contribution in [-0.2, 0) is 17.7 Å². The second-order valence-corrected chi connectivity index (χ2v) is 5.14. The molecule has 3 heterocycles. The first-order valence-corrected chi connectivity index (χ1v) is 8.46. The summed E-state index contributed by atoms with van der Waals surface area (Å²) in [5, 5.41) is 4.15. The lowest BCUT2D eigenvalue weighted by atomic mass is 10.1. The van der Waals surface area contributed by atoms with Gasteiger partial charge in [-0.25, -0.2) is 0 Å². The van der Waals surface area contributed by atoms with Crippen LogP contribution in [0.1, 0.15) is 41.2 Å². The number of nitrogens with zero attached hydrogens (tertiary/aromatic N) is 4. The molecule has 3 aromatic heterocycles. The molecular weight excluding hydrogens is 328 g/mol. The molecule has 3 aromatic rings. The molecule has 0 aromatic carbocycles. The van der Waals surface area contributed by atoms with Crippen LogP contribution in [0.15, 0.2) is 55.1 Å². The first-order chi connectivity index (χ1) is 12.7. The van der Waals surface area contributed by atoms with E-state index in [1.165, 1.54) is 0 Å². The van der Waals surface area contributed by atoms with E-state index in [2.05, 4.69) is 19.8 Å². The molecule has 0 N–H and O–H groups in total. The minimum atomic E-state index is 0.642. The third-order valence-electron chi connectivity index (χ3n) is 3.13. The number of pyridine rings is 2. The lowest BCUT2D eigenvalue weighted by Crippen LogP contribution is -2.02. The molecule has 0 aliphatic heterocycles. The summed E-state index contributed by atoms with van der Waals surface area (Å²) in [6.07, 6.45) is 8.64. The van der Waals surface area contributed by atoms with Gasteiger partial charge in [0, 0.05) is 56.7 Å². The van der Waals surface area contributed by atoms with Crippen LogP contribution in [-0.4, -0.2) is 40.3 Å². The van der Waals surface area contributed by atoms with Crippen molar-refractivity contribution in [2.75, 3.05) is 14.2 Å². The highest BCUT2D eigenvalue weighted by atomic mass is 16.4. The number of hydrogen-bond donors (Lipinski definition) is 0. The van der Waals surface area contributed by atoms with E-state index in [1.54, 1.807) is 38.7 Å². The topological polar surface area (TPSA) is 69.9 Å². The van der Waals surface area contributed by atoms with Gasteiger partial charge in [-0.2, -0.15) is 5.10 Å². The number of hydrogen-bond acceptors (Lipinski definition) is 5. The predicted octanol–water partition coefficient (Wildman–Crippen LogP) is 3.41. The summed E-state index contributed by atoms with van der Waals surface area (Å²) in [5.41, 5.74) is 3.52. The fraction of sp³-hybridized carbons (Fsp3) is 0.300. The van der Waals surface area contributed by atoms with Gasteiger partial charge in [0.1, 0.15) is 6.29 Å². The van der Waals surface area contributed by atoms with E-state index in [1.807, 2.05) is 49.1 Å². The lowest BCUT2D eigenvalue weighted by Gasteiger charge is -2.04. The van der Waals surface area contributed by atoms with E-state index in [-0.39, 0.29) is 0 Å². The van der Waals surface area contributed by atoms with Gasteiger partial charge in [-0.05, 0) is 29.8 Å². The zero-order valence-corrected chi connectivity index (χ0v) is 15.8. The van der Waals surface area contributed by atoms with Crippen LogP contribution in [0.5, 0.6) is 0 Å². The highest BCUT2D eigenvalue weighted by Crippen LogP contribution is 2.09. The highest BCUT2D eigenvalue weighted by Gasteiger charge is 2.02. The summed E-state index contributed by atoms with van der Waals surface area (Å²) < 4.78 is 6.08. The van der Waals surface area contributed by atoms with Crippen molar-refractivity contribution in [1.82, 2.24) is 19.7 Å². The molecule has 0 aliphatic carbocycles. The SMILES string of the molecule is CC.COC.O=Cc1ccnc(Cc2ccc(Cn3cccn3)nc2)c1. The van der Waals surface area contributed by atoms with Crippen molar-refractivity contribution in [3.8, 4) is 0 Å². The molecule has 138 valence electrons. The third kappa shape index (κ3) is 7.36. The average molecular weight is 354 g/mol. The fourth-order valence-electron chi connectivity index (χ4n) is 2.09. The Bertz CT molecular complexity index is 741. The van der Waals surface area contributed by atoms with E-state index in [4.69, 9.17) is 0 Å². The van der Waals surface area contributed by atoms with E-state index in [0.717, 1.165) is 23.2 Å². The Morgan fingerprint density at radius 2 is 1.85 bits per heavy atom. The molecule has 0 bridgehead atoms. The summed E-state index contributed by atoms with van der Waals surface area (Å²) in [6.45, 7) is 4.66. The van der Waals surface area contributed by atoms with Crippen molar-refractivity contribution < 1.29 is 9.53 Å². The van der Waals surface area contributed by atoms with Crippen LogP contribution in [0.4, 0.5) is 0 Å². The second kappa shape index (κ2) is 12.5. The Labute approximate surface area is 154 Å². The van der Waals surface area contributed by atoms with Crippen molar-refractivity contribution in [3.05, 3.63) is 77.6 Å².